The van der Waals surface area contributed by atoms with Gasteiger partial charge in [0, 0.05) is 23.0 Å². The number of benzene rings is 1. The standard InChI is InChI=1S/C15H8N2O2/c18-11-7-12(19)15-13-9(5-6-16-14(11)13)8-3-1-2-4-10(8)17-15/h1-7,19H. The smallest absolute Gasteiger partial charge is 0.208 e. The second-order valence-electron chi connectivity index (χ2n) is 4.45. The van der Waals surface area contributed by atoms with E-state index in [-0.39, 0.29) is 11.5 Å². The number of allylic oxidation sites excluding steroid dienone is 1. The molecule has 2 heterocycles. The van der Waals surface area contributed by atoms with Crippen molar-refractivity contribution in [2.75, 3.05) is 0 Å². The summed E-state index contributed by atoms with van der Waals surface area (Å²) in [5, 5.41) is 12.4. The first-order valence-corrected chi connectivity index (χ1v) is 5.88. The van der Waals surface area contributed by atoms with Crippen molar-refractivity contribution in [3.8, 4) is 0 Å². The molecule has 0 bridgehead atoms. The molecule has 1 aliphatic carbocycles. The molecule has 4 heteroatoms. The monoisotopic (exact) mass is 248 g/mol. The molecule has 19 heavy (non-hydrogen) atoms. The van der Waals surface area contributed by atoms with Crippen LogP contribution in [0.1, 0.15) is 16.2 Å². The van der Waals surface area contributed by atoms with E-state index in [9.17, 15) is 9.90 Å². The zero-order chi connectivity index (χ0) is 13.0. The lowest BCUT2D eigenvalue weighted by molar-refractivity contribution is 0.104. The van der Waals surface area contributed by atoms with Crippen LogP contribution in [-0.2, 0) is 0 Å². The van der Waals surface area contributed by atoms with E-state index in [0.29, 0.717) is 16.8 Å². The average molecular weight is 248 g/mol. The summed E-state index contributed by atoms with van der Waals surface area (Å²) in [6, 6.07) is 9.50. The number of nitrogens with zero attached hydrogens (tertiary/aromatic N) is 2. The molecule has 1 aliphatic rings. The van der Waals surface area contributed by atoms with E-state index in [1.807, 2.05) is 30.3 Å². The van der Waals surface area contributed by atoms with Crippen molar-refractivity contribution < 1.29 is 9.90 Å². The molecular formula is C15H8N2O2. The molecule has 90 valence electrons. The van der Waals surface area contributed by atoms with Gasteiger partial charge in [0.15, 0.2) is 0 Å². The number of pyridine rings is 2. The maximum absolute atomic E-state index is 11.9. The molecule has 1 aromatic carbocycles. The predicted octanol–water partition coefficient (Wildman–Crippen LogP) is 2.88. The lowest BCUT2D eigenvalue weighted by Crippen LogP contribution is -2.09. The van der Waals surface area contributed by atoms with Crippen molar-refractivity contribution in [2.24, 2.45) is 0 Å². The van der Waals surface area contributed by atoms with Gasteiger partial charge in [0.2, 0.25) is 5.78 Å². The van der Waals surface area contributed by atoms with Crippen molar-refractivity contribution in [3.05, 3.63) is 54.0 Å². The van der Waals surface area contributed by atoms with Crippen molar-refractivity contribution >= 4 is 33.2 Å². The van der Waals surface area contributed by atoms with Gasteiger partial charge in [-0.15, -0.1) is 0 Å². The van der Waals surface area contributed by atoms with Crippen LogP contribution in [0.2, 0.25) is 0 Å². The Labute approximate surface area is 108 Å². The number of carbonyl (C=O) groups excluding carboxylic acids is 1. The predicted molar refractivity (Wildman–Crippen MR) is 72.0 cm³/mol. The number of aliphatic hydroxyl groups is 1. The number of rotatable bonds is 0. The average Bonchev–Trinajstić information content (AvgIpc) is 2.44. The van der Waals surface area contributed by atoms with E-state index in [0.717, 1.165) is 16.3 Å². The van der Waals surface area contributed by atoms with E-state index in [1.165, 1.54) is 6.08 Å². The minimum atomic E-state index is -0.285. The Hall–Kier alpha value is -2.75. The van der Waals surface area contributed by atoms with Gasteiger partial charge in [-0.1, -0.05) is 18.2 Å². The first-order chi connectivity index (χ1) is 9.25. The molecule has 1 N–H and O–H groups in total. The number of aromatic nitrogens is 2. The third kappa shape index (κ3) is 1.25. The van der Waals surface area contributed by atoms with Crippen LogP contribution in [0.3, 0.4) is 0 Å². The first kappa shape index (κ1) is 10.2. The largest absolute Gasteiger partial charge is 0.506 e. The van der Waals surface area contributed by atoms with Crippen LogP contribution < -0.4 is 0 Å². The Bertz CT molecular complexity index is 897. The third-order valence-corrected chi connectivity index (χ3v) is 3.36. The summed E-state index contributed by atoms with van der Waals surface area (Å²) in [6.45, 7) is 0. The number of ketones is 1. The number of carbonyl (C=O) groups is 1. The Morgan fingerprint density at radius 3 is 2.74 bits per heavy atom. The van der Waals surface area contributed by atoms with Gasteiger partial charge in [0.05, 0.1) is 5.52 Å². The van der Waals surface area contributed by atoms with Gasteiger partial charge in [-0.3, -0.25) is 9.78 Å². The second kappa shape index (κ2) is 3.38. The van der Waals surface area contributed by atoms with Gasteiger partial charge >= 0.3 is 0 Å². The SMILES string of the molecule is O=C1C=C(O)c2nc3ccccc3c3ccnc1c23. The maximum atomic E-state index is 11.9. The lowest BCUT2D eigenvalue weighted by atomic mass is 9.97. The summed E-state index contributed by atoms with van der Waals surface area (Å²) in [4.78, 5) is 20.4. The molecule has 0 spiro atoms. The molecule has 0 atom stereocenters. The van der Waals surface area contributed by atoms with Crippen molar-refractivity contribution in [2.45, 2.75) is 0 Å². The molecule has 0 saturated heterocycles. The van der Waals surface area contributed by atoms with Gasteiger partial charge in [0.1, 0.15) is 17.1 Å². The van der Waals surface area contributed by atoms with Gasteiger partial charge < -0.3 is 5.11 Å². The van der Waals surface area contributed by atoms with Crippen LogP contribution in [-0.4, -0.2) is 20.9 Å². The van der Waals surface area contributed by atoms with Crippen LogP contribution in [0, 0.1) is 0 Å². The molecule has 0 radical (unpaired) electrons. The number of hydrogen-bond donors (Lipinski definition) is 1. The molecule has 0 unspecified atom stereocenters. The second-order valence-corrected chi connectivity index (χ2v) is 4.45. The van der Waals surface area contributed by atoms with Crippen LogP contribution >= 0.6 is 0 Å². The van der Waals surface area contributed by atoms with Gasteiger partial charge in [-0.05, 0) is 17.5 Å². The highest BCUT2D eigenvalue weighted by atomic mass is 16.3. The van der Waals surface area contributed by atoms with Crippen molar-refractivity contribution in [1.82, 2.24) is 9.97 Å². The summed E-state index contributed by atoms with van der Waals surface area (Å²) >= 11 is 0. The summed E-state index contributed by atoms with van der Waals surface area (Å²) in [7, 11) is 0. The fraction of sp³-hybridized carbons (Fsp3) is 0. The van der Waals surface area contributed by atoms with Crippen LogP contribution in [0.25, 0.3) is 27.4 Å². The fourth-order valence-corrected chi connectivity index (χ4v) is 2.53. The van der Waals surface area contributed by atoms with Crippen molar-refractivity contribution in [1.29, 1.82) is 0 Å². The fourth-order valence-electron chi connectivity index (χ4n) is 2.53. The summed E-state index contributed by atoms with van der Waals surface area (Å²) in [5.41, 5.74) is 1.57. The Morgan fingerprint density at radius 2 is 1.84 bits per heavy atom. The molecular weight excluding hydrogens is 240 g/mol. The van der Waals surface area contributed by atoms with Crippen LogP contribution in [0.15, 0.2) is 42.6 Å². The van der Waals surface area contributed by atoms with Gasteiger partial charge in [0.25, 0.3) is 0 Å². The normalized spacial score (nSPS) is 13.9. The third-order valence-electron chi connectivity index (χ3n) is 3.36. The molecule has 4 rings (SSSR count). The van der Waals surface area contributed by atoms with Crippen molar-refractivity contribution in [3.63, 3.8) is 0 Å². The summed E-state index contributed by atoms with van der Waals surface area (Å²) in [5.74, 6) is -0.381. The molecule has 0 aliphatic heterocycles. The number of hydrogen-bond acceptors (Lipinski definition) is 4. The molecule has 0 fully saturated rings. The molecule has 2 aromatic heterocycles. The minimum absolute atomic E-state index is 0.0961. The van der Waals surface area contributed by atoms with E-state index < -0.39 is 0 Å². The van der Waals surface area contributed by atoms with E-state index in [4.69, 9.17) is 0 Å². The van der Waals surface area contributed by atoms with Crippen LogP contribution in [0.4, 0.5) is 0 Å². The van der Waals surface area contributed by atoms with E-state index >= 15 is 0 Å². The van der Waals surface area contributed by atoms with Crippen LogP contribution in [0.5, 0.6) is 0 Å². The molecule has 0 saturated carbocycles. The zero-order valence-electron chi connectivity index (χ0n) is 9.79. The molecule has 4 nitrogen and oxygen atoms in total. The Balaban J connectivity index is 2.34. The quantitative estimate of drug-likeness (QED) is 0.621. The van der Waals surface area contributed by atoms with Gasteiger partial charge in [-0.2, -0.15) is 0 Å². The van der Waals surface area contributed by atoms with E-state index in [1.54, 1.807) is 6.20 Å². The number of para-hydroxylation sites is 1. The Morgan fingerprint density at radius 1 is 1.00 bits per heavy atom. The first-order valence-electron chi connectivity index (χ1n) is 5.88. The maximum Gasteiger partial charge on any atom is 0.208 e. The molecule has 0 amide bonds. The minimum Gasteiger partial charge on any atom is -0.506 e. The molecule has 3 aromatic rings. The summed E-state index contributed by atoms with van der Waals surface area (Å²) in [6.07, 6.45) is 2.79. The summed E-state index contributed by atoms with van der Waals surface area (Å²) < 4.78 is 0. The lowest BCUT2D eigenvalue weighted by Gasteiger charge is -2.14. The number of fused-ring (bicyclic) bond motifs is 2. The topological polar surface area (TPSA) is 63.1 Å². The van der Waals surface area contributed by atoms with Gasteiger partial charge in [-0.25, -0.2) is 4.98 Å². The highest BCUT2D eigenvalue weighted by molar-refractivity contribution is 6.23. The highest BCUT2D eigenvalue weighted by Gasteiger charge is 2.23. The number of aliphatic hydroxyl groups excluding tert-OH is 1. The Kier molecular flexibility index (Phi) is 1.82. The highest BCUT2D eigenvalue weighted by Crippen LogP contribution is 2.33. The zero-order valence-corrected chi connectivity index (χ0v) is 9.79. The van der Waals surface area contributed by atoms with E-state index in [2.05, 4.69) is 9.97 Å².